The molecule has 1 aliphatic rings. The monoisotopic (exact) mass is 455 g/mol. The lowest BCUT2D eigenvalue weighted by Crippen LogP contribution is -2.41. The fraction of sp³-hybridized carbons (Fsp3) is 0.304. The number of nitrogens with one attached hydrogen (secondary N) is 1. The Bertz CT molecular complexity index is 1150. The van der Waals surface area contributed by atoms with E-state index in [1.165, 1.54) is 12.3 Å². The number of pyridine rings is 1. The van der Waals surface area contributed by atoms with Gasteiger partial charge in [-0.25, -0.2) is 18.7 Å². The predicted octanol–water partition coefficient (Wildman–Crippen LogP) is 3.29. The fourth-order valence-electron chi connectivity index (χ4n) is 3.75. The largest absolute Gasteiger partial charge is 0.441 e. The lowest BCUT2D eigenvalue weighted by molar-refractivity contribution is -0.122. The third-order valence-electron chi connectivity index (χ3n) is 5.50. The van der Waals surface area contributed by atoms with Crippen LogP contribution in [0, 0.1) is 17.6 Å². The van der Waals surface area contributed by atoms with Gasteiger partial charge in [-0.1, -0.05) is 0 Å². The van der Waals surface area contributed by atoms with Gasteiger partial charge in [0.05, 0.1) is 29.6 Å². The fourth-order valence-corrected chi connectivity index (χ4v) is 3.75. The highest BCUT2D eigenvalue weighted by Crippen LogP contribution is 2.25. The van der Waals surface area contributed by atoms with Gasteiger partial charge in [-0.3, -0.25) is 9.59 Å². The molecular formula is C23H23F2N5O3. The molecule has 3 heterocycles. The molecule has 0 saturated carbocycles. The molecule has 3 N–H and O–H groups in total. The van der Waals surface area contributed by atoms with Crippen molar-refractivity contribution in [1.29, 1.82) is 0 Å². The number of rotatable bonds is 7. The highest BCUT2D eigenvalue weighted by Gasteiger charge is 2.24. The van der Waals surface area contributed by atoms with Gasteiger partial charge in [0.25, 0.3) is 0 Å². The van der Waals surface area contributed by atoms with Gasteiger partial charge in [-0.2, -0.15) is 0 Å². The molecule has 2 aromatic heterocycles. The standard InChI is InChI=1S/C23H23F2N5O3/c24-15-3-5-17(18(25)10-15)19-12-28-22(33-19)8-7-21(31)29-16-4-6-20(27-11-16)30-9-1-2-14(13-30)23(26)32/h3-6,10-12,14H,1-2,7-9,13H2,(H2,26,32)(H,29,31). The number of hydrogen-bond acceptors (Lipinski definition) is 6. The average molecular weight is 455 g/mol. The number of oxazole rings is 1. The first-order chi connectivity index (χ1) is 15.9. The minimum absolute atomic E-state index is 0.0972. The number of nitrogens with zero attached hydrogens (tertiary/aromatic N) is 3. The maximum Gasteiger partial charge on any atom is 0.224 e. The van der Waals surface area contributed by atoms with Crippen LogP contribution in [0.5, 0.6) is 0 Å². The van der Waals surface area contributed by atoms with Crippen molar-refractivity contribution in [2.24, 2.45) is 11.7 Å². The molecule has 1 saturated heterocycles. The Labute approximate surface area is 188 Å². The minimum Gasteiger partial charge on any atom is -0.441 e. The van der Waals surface area contributed by atoms with Crippen LogP contribution < -0.4 is 16.0 Å². The molecule has 1 aromatic carbocycles. The van der Waals surface area contributed by atoms with E-state index in [4.69, 9.17) is 10.2 Å². The zero-order valence-electron chi connectivity index (χ0n) is 17.8. The number of halogens is 2. The Morgan fingerprint density at radius 2 is 2.03 bits per heavy atom. The molecule has 33 heavy (non-hydrogen) atoms. The summed E-state index contributed by atoms with van der Waals surface area (Å²) in [6.07, 6.45) is 4.86. The number of hydrogen-bond donors (Lipinski definition) is 2. The Balaban J connectivity index is 1.30. The van der Waals surface area contributed by atoms with Crippen molar-refractivity contribution >= 4 is 23.3 Å². The van der Waals surface area contributed by atoms with Crippen LogP contribution in [0.3, 0.4) is 0 Å². The summed E-state index contributed by atoms with van der Waals surface area (Å²) in [5.41, 5.74) is 6.06. The first-order valence-electron chi connectivity index (χ1n) is 10.6. The molecule has 0 bridgehead atoms. The van der Waals surface area contributed by atoms with Gasteiger partial charge in [0.15, 0.2) is 11.7 Å². The summed E-state index contributed by atoms with van der Waals surface area (Å²) in [6.45, 7) is 1.33. The molecule has 3 aromatic rings. The molecule has 10 heteroatoms. The van der Waals surface area contributed by atoms with Gasteiger partial charge < -0.3 is 20.4 Å². The number of carbonyl (C=O) groups is 2. The number of benzene rings is 1. The zero-order chi connectivity index (χ0) is 23.4. The number of aryl methyl sites for hydroxylation is 1. The van der Waals surface area contributed by atoms with Crippen molar-refractivity contribution in [1.82, 2.24) is 9.97 Å². The van der Waals surface area contributed by atoms with Gasteiger partial charge in [-0.05, 0) is 37.1 Å². The molecule has 0 aliphatic carbocycles. The summed E-state index contributed by atoms with van der Waals surface area (Å²) >= 11 is 0. The van der Waals surface area contributed by atoms with Crippen LogP contribution in [0.15, 0.2) is 47.1 Å². The van der Waals surface area contributed by atoms with Crippen LogP contribution in [0.1, 0.15) is 25.2 Å². The number of nitrogens with two attached hydrogens (primary N) is 1. The molecule has 8 nitrogen and oxygen atoms in total. The first kappa shape index (κ1) is 22.4. The van der Waals surface area contributed by atoms with Crippen LogP contribution in [0.25, 0.3) is 11.3 Å². The lowest BCUT2D eigenvalue weighted by Gasteiger charge is -2.32. The number of amides is 2. The van der Waals surface area contributed by atoms with Crippen LogP contribution >= 0.6 is 0 Å². The zero-order valence-corrected chi connectivity index (χ0v) is 17.8. The third-order valence-corrected chi connectivity index (χ3v) is 5.50. The summed E-state index contributed by atoms with van der Waals surface area (Å²) in [5, 5.41) is 2.76. The molecule has 172 valence electrons. The second-order valence-electron chi connectivity index (χ2n) is 7.88. The van der Waals surface area contributed by atoms with E-state index in [1.807, 2.05) is 4.90 Å². The van der Waals surface area contributed by atoms with Crippen molar-refractivity contribution in [3.05, 3.63) is 60.3 Å². The third kappa shape index (κ3) is 5.51. The summed E-state index contributed by atoms with van der Waals surface area (Å²) < 4.78 is 32.4. The molecule has 2 amide bonds. The van der Waals surface area contributed by atoms with E-state index in [0.717, 1.165) is 37.3 Å². The molecular weight excluding hydrogens is 432 g/mol. The van der Waals surface area contributed by atoms with Crippen molar-refractivity contribution in [2.75, 3.05) is 23.3 Å². The number of piperidine rings is 1. The van der Waals surface area contributed by atoms with Crippen molar-refractivity contribution < 1.29 is 22.8 Å². The first-order valence-corrected chi connectivity index (χ1v) is 10.6. The number of anilines is 2. The van der Waals surface area contributed by atoms with Gasteiger partial charge in [0, 0.05) is 32.0 Å². The van der Waals surface area contributed by atoms with Gasteiger partial charge in [0.2, 0.25) is 11.8 Å². The lowest BCUT2D eigenvalue weighted by atomic mass is 9.97. The van der Waals surface area contributed by atoms with E-state index in [-0.39, 0.29) is 47.8 Å². The topological polar surface area (TPSA) is 114 Å². The minimum atomic E-state index is -0.749. The number of primary amides is 1. The molecule has 1 atom stereocenters. The number of aromatic nitrogens is 2. The summed E-state index contributed by atoms with van der Waals surface area (Å²) in [4.78, 5) is 34.2. The molecule has 4 rings (SSSR count). The second-order valence-corrected chi connectivity index (χ2v) is 7.88. The van der Waals surface area contributed by atoms with E-state index in [1.54, 1.807) is 18.3 Å². The van der Waals surface area contributed by atoms with E-state index < -0.39 is 11.6 Å². The SMILES string of the molecule is NC(=O)C1CCCN(c2ccc(NC(=O)CCc3ncc(-c4ccc(F)cc4F)o3)cn2)C1. The molecule has 0 spiro atoms. The van der Waals surface area contributed by atoms with E-state index in [2.05, 4.69) is 15.3 Å². The maximum absolute atomic E-state index is 13.9. The molecule has 1 aliphatic heterocycles. The van der Waals surface area contributed by atoms with Crippen molar-refractivity contribution in [3.63, 3.8) is 0 Å². The maximum atomic E-state index is 13.9. The Morgan fingerprint density at radius 3 is 2.76 bits per heavy atom. The van der Waals surface area contributed by atoms with E-state index >= 15 is 0 Å². The quantitative estimate of drug-likeness (QED) is 0.565. The van der Waals surface area contributed by atoms with Gasteiger partial charge >= 0.3 is 0 Å². The van der Waals surface area contributed by atoms with Crippen molar-refractivity contribution in [2.45, 2.75) is 25.7 Å². The Kier molecular flexibility index (Phi) is 6.62. The average Bonchev–Trinajstić information content (AvgIpc) is 3.27. The summed E-state index contributed by atoms with van der Waals surface area (Å²) in [5.74, 6) is -1.02. The molecule has 0 radical (unpaired) electrons. The summed E-state index contributed by atoms with van der Waals surface area (Å²) in [7, 11) is 0. The number of carbonyl (C=O) groups excluding carboxylic acids is 2. The summed E-state index contributed by atoms with van der Waals surface area (Å²) in [6, 6.07) is 6.71. The normalized spacial score (nSPS) is 15.9. The van der Waals surface area contributed by atoms with Crippen LogP contribution in [-0.2, 0) is 16.0 Å². The van der Waals surface area contributed by atoms with E-state index in [0.29, 0.717) is 12.2 Å². The van der Waals surface area contributed by atoms with E-state index in [9.17, 15) is 18.4 Å². The molecule has 1 fully saturated rings. The molecule has 1 unspecified atom stereocenters. The Hall–Kier alpha value is -3.82. The smallest absolute Gasteiger partial charge is 0.224 e. The van der Waals surface area contributed by atoms with Crippen LogP contribution in [-0.4, -0.2) is 34.9 Å². The Morgan fingerprint density at radius 1 is 1.18 bits per heavy atom. The van der Waals surface area contributed by atoms with Crippen LogP contribution in [0.2, 0.25) is 0 Å². The predicted molar refractivity (Wildman–Crippen MR) is 117 cm³/mol. The van der Waals surface area contributed by atoms with Crippen LogP contribution in [0.4, 0.5) is 20.3 Å². The highest BCUT2D eigenvalue weighted by molar-refractivity contribution is 5.90. The van der Waals surface area contributed by atoms with Crippen molar-refractivity contribution in [3.8, 4) is 11.3 Å². The highest BCUT2D eigenvalue weighted by atomic mass is 19.1. The van der Waals surface area contributed by atoms with Gasteiger partial charge in [0.1, 0.15) is 17.5 Å². The van der Waals surface area contributed by atoms with Gasteiger partial charge in [-0.15, -0.1) is 0 Å². The second kappa shape index (κ2) is 9.76.